The van der Waals surface area contributed by atoms with E-state index in [0.717, 1.165) is 0 Å². The van der Waals surface area contributed by atoms with E-state index in [1.54, 1.807) is 6.92 Å². The summed E-state index contributed by atoms with van der Waals surface area (Å²) in [5.41, 5.74) is 6.39. The lowest BCUT2D eigenvalue weighted by atomic mass is 10.1. The molecule has 3 N–H and O–H groups in total. The van der Waals surface area contributed by atoms with Crippen molar-refractivity contribution < 1.29 is 9.18 Å². The molecule has 1 aromatic heterocycles. The van der Waals surface area contributed by atoms with Crippen LogP contribution in [0.25, 0.3) is 10.9 Å². The summed E-state index contributed by atoms with van der Waals surface area (Å²) in [5, 5.41) is 10.6. The van der Waals surface area contributed by atoms with E-state index < -0.39 is 11.7 Å². The smallest absolute Gasteiger partial charge is 0.273 e. The van der Waals surface area contributed by atoms with Gasteiger partial charge in [0.05, 0.1) is 10.2 Å². The Balaban J connectivity index is 2.65. The van der Waals surface area contributed by atoms with E-state index in [2.05, 4.69) is 31.4 Å². The van der Waals surface area contributed by atoms with Gasteiger partial charge in [-0.2, -0.15) is 0 Å². The van der Waals surface area contributed by atoms with Crippen molar-refractivity contribution in [2.24, 2.45) is 0 Å². The van der Waals surface area contributed by atoms with Gasteiger partial charge in [-0.3, -0.25) is 4.79 Å². The summed E-state index contributed by atoms with van der Waals surface area (Å²) in [6.07, 6.45) is 0. The minimum atomic E-state index is -0.457. The number of nitrogens with one attached hydrogen (secondary N) is 1. The molecule has 0 saturated heterocycles. The van der Waals surface area contributed by atoms with Gasteiger partial charge >= 0.3 is 0 Å². The van der Waals surface area contributed by atoms with Gasteiger partial charge in [0.2, 0.25) is 0 Å². The fraction of sp³-hybridized carbons (Fsp3) is 0.182. The van der Waals surface area contributed by atoms with Crippen LogP contribution in [0.1, 0.15) is 17.4 Å². The number of hydrogen-bond acceptors (Lipinski definition) is 4. The van der Waals surface area contributed by atoms with Crippen LogP contribution < -0.4 is 11.1 Å². The molecule has 0 bridgehead atoms. The Bertz CT molecular complexity index is 632. The number of aromatic nitrogens is 2. The number of amides is 1. The van der Waals surface area contributed by atoms with Crippen LogP contribution >= 0.6 is 15.9 Å². The lowest BCUT2D eigenvalue weighted by molar-refractivity contribution is 0.0951. The summed E-state index contributed by atoms with van der Waals surface area (Å²) in [4.78, 5) is 11.7. The number of fused-ring (bicyclic) bond motifs is 1. The Morgan fingerprint density at radius 2 is 2.22 bits per heavy atom. The highest BCUT2D eigenvalue weighted by molar-refractivity contribution is 9.10. The number of carbonyl (C=O) groups excluding carboxylic acids is 1. The third kappa shape index (κ3) is 2.01. The molecule has 1 heterocycles. The average molecular weight is 313 g/mol. The van der Waals surface area contributed by atoms with Crippen LogP contribution in [-0.4, -0.2) is 22.6 Å². The molecule has 0 aliphatic heterocycles. The van der Waals surface area contributed by atoms with Gasteiger partial charge in [-0.25, -0.2) is 4.39 Å². The molecule has 5 nitrogen and oxygen atoms in total. The highest BCUT2D eigenvalue weighted by atomic mass is 79.9. The molecule has 0 spiro atoms. The van der Waals surface area contributed by atoms with E-state index >= 15 is 0 Å². The largest absolute Gasteiger partial charge is 0.396 e. The lowest BCUT2D eigenvalue weighted by Crippen LogP contribution is -2.25. The van der Waals surface area contributed by atoms with Crippen molar-refractivity contribution >= 4 is 38.4 Å². The van der Waals surface area contributed by atoms with Crippen molar-refractivity contribution in [3.05, 3.63) is 28.1 Å². The number of carbonyl (C=O) groups is 1. The minimum absolute atomic E-state index is 0.0443. The maximum absolute atomic E-state index is 13.3. The molecule has 94 valence electrons. The zero-order chi connectivity index (χ0) is 13.3. The summed E-state index contributed by atoms with van der Waals surface area (Å²) in [6, 6.07) is 2.73. The van der Waals surface area contributed by atoms with Crippen molar-refractivity contribution in [2.45, 2.75) is 6.92 Å². The quantitative estimate of drug-likeness (QED) is 0.887. The van der Waals surface area contributed by atoms with Crippen LogP contribution in [0.15, 0.2) is 16.6 Å². The standard InChI is InChI=1S/C11H10BrFN4O/c1-2-15-11(18)10-8(14)5-3-4-6(13)7(12)9(5)16-17-10/h3-4H,2H2,1H3,(H2,14,16)(H,15,18). The number of benzene rings is 1. The van der Waals surface area contributed by atoms with Crippen molar-refractivity contribution in [1.29, 1.82) is 0 Å². The summed E-state index contributed by atoms with van der Waals surface area (Å²) < 4.78 is 13.5. The molecule has 1 amide bonds. The number of nitrogens with zero attached hydrogens (tertiary/aromatic N) is 2. The number of hydrogen-bond donors (Lipinski definition) is 2. The second-order valence-electron chi connectivity index (χ2n) is 3.58. The van der Waals surface area contributed by atoms with Gasteiger partial charge in [0.25, 0.3) is 5.91 Å². The molecule has 0 atom stereocenters. The summed E-state index contributed by atoms with van der Waals surface area (Å²) in [5.74, 6) is -0.855. The molecule has 0 aliphatic rings. The Labute approximate surface area is 111 Å². The fourth-order valence-corrected chi connectivity index (χ4v) is 1.97. The minimum Gasteiger partial charge on any atom is -0.396 e. The summed E-state index contributed by atoms with van der Waals surface area (Å²) in [6.45, 7) is 2.25. The average Bonchev–Trinajstić information content (AvgIpc) is 2.34. The SMILES string of the molecule is CCNC(=O)c1nnc2c(Br)c(F)ccc2c1N. The summed E-state index contributed by atoms with van der Waals surface area (Å²) in [7, 11) is 0. The first-order valence-electron chi connectivity index (χ1n) is 5.24. The molecule has 1 aromatic carbocycles. The molecule has 0 radical (unpaired) electrons. The van der Waals surface area contributed by atoms with Crippen molar-refractivity contribution in [2.75, 3.05) is 12.3 Å². The Morgan fingerprint density at radius 3 is 2.89 bits per heavy atom. The van der Waals surface area contributed by atoms with Gasteiger partial charge in [-0.15, -0.1) is 10.2 Å². The number of rotatable bonds is 2. The number of nitrogen functional groups attached to an aromatic ring is 1. The summed E-state index contributed by atoms with van der Waals surface area (Å²) >= 11 is 3.07. The Kier molecular flexibility index (Phi) is 3.42. The zero-order valence-corrected chi connectivity index (χ0v) is 11.1. The van der Waals surface area contributed by atoms with E-state index in [4.69, 9.17) is 5.73 Å². The Hall–Kier alpha value is -1.76. The van der Waals surface area contributed by atoms with Crippen molar-refractivity contribution in [3.8, 4) is 0 Å². The predicted molar refractivity (Wildman–Crippen MR) is 69.6 cm³/mol. The van der Waals surface area contributed by atoms with E-state index in [-0.39, 0.29) is 15.9 Å². The van der Waals surface area contributed by atoms with Crippen LogP contribution in [0, 0.1) is 5.82 Å². The van der Waals surface area contributed by atoms with Gasteiger partial charge in [-0.05, 0) is 35.0 Å². The number of anilines is 1. The normalized spacial score (nSPS) is 10.6. The van der Waals surface area contributed by atoms with E-state index in [1.165, 1.54) is 12.1 Å². The van der Waals surface area contributed by atoms with Crippen LogP contribution in [0.3, 0.4) is 0 Å². The topological polar surface area (TPSA) is 80.9 Å². The molecule has 18 heavy (non-hydrogen) atoms. The fourth-order valence-electron chi connectivity index (χ4n) is 1.55. The van der Waals surface area contributed by atoms with Crippen molar-refractivity contribution in [1.82, 2.24) is 15.5 Å². The Morgan fingerprint density at radius 1 is 1.50 bits per heavy atom. The molecule has 0 saturated carbocycles. The van der Waals surface area contributed by atoms with Crippen LogP contribution in [-0.2, 0) is 0 Å². The lowest BCUT2D eigenvalue weighted by Gasteiger charge is -2.08. The molecule has 7 heteroatoms. The highest BCUT2D eigenvalue weighted by Crippen LogP contribution is 2.29. The zero-order valence-electron chi connectivity index (χ0n) is 9.50. The maximum Gasteiger partial charge on any atom is 0.273 e. The predicted octanol–water partition coefficient (Wildman–Crippen LogP) is 1.86. The van der Waals surface area contributed by atoms with Gasteiger partial charge < -0.3 is 11.1 Å². The first-order valence-corrected chi connectivity index (χ1v) is 6.03. The van der Waals surface area contributed by atoms with Gasteiger partial charge in [0.1, 0.15) is 11.3 Å². The van der Waals surface area contributed by atoms with Crippen LogP contribution in [0.4, 0.5) is 10.1 Å². The van der Waals surface area contributed by atoms with Crippen LogP contribution in [0.2, 0.25) is 0 Å². The third-order valence-corrected chi connectivity index (χ3v) is 3.17. The van der Waals surface area contributed by atoms with Gasteiger partial charge in [0.15, 0.2) is 5.69 Å². The second kappa shape index (κ2) is 4.85. The molecular weight excluding hydrogens is 303 g/mol. The van der Waals surface area contributed by atoms with Gasteiger partial charge in [0, 0.05) is 11.9 Å². The second-order valence-corrected chi connectivity index (χ2v) is 4.37. The molecular formula is C11H10BrFN4O. The monoisotopic (exact) mass is 312 g/mol. The molecule has 0 unspecified atom stereocenters. The van der Waals surface area contributed by atoms with Gasteiger partial charge in [-0.1, -0.05) is 0 Å². The molecule has 0 aliphatic carbocycles. The maximum atomic E-state index is 13.3. The molecule has 2 aromatic rings. The third-order valence-electron chi connectivity index (χ3n) is 2.42. The number of nitrogens with two attached hydrogens (primary N) is 1. The van der Waals surface area contributed by atoms with Crippen molar-refractivity contribution in [3.63, 3.8) is 0 Å². The molecule has 0 fully saturated rings. The van der Waals surface area contributed by atoms with E-state index in [0.29, 0.717) is 17.4 Å². The number of halogens is 2. The van der Waals surface area contributed by atoms with E-state index in [1.807, 2.05) is 0 Å². The first kappa shape index (κ1) is 12.7. The van der Waals surface area contributed by atoms with E-state index in [9.17, 15) is 9.18 Å². The first-order chi connectivity index (χ1) is 8.56. The highest BCUT2D eigenvalue weighted by Gasteiger charge is 2.17. The molecule has 2 rings (SSSR count). The van der Waals surface area contributed by atoms with Crippen LogP contribution in [0.5, 0.6) is 0 Å².